The van der Waals surface area contributed by atoms with Gasteiger partial charge in [0, 0.05) is 11.8 Å². The third-order valence-corrected chi connectivity index (χ3v) is 3.31. The lowest BCUT2D eigenvalue weighted by molar-refractivity contribution is 0.0530. The van der Waals surface area contributed by atoms with E-state index in [4.69, 9.17) is 16.3 Å². The molecule has 0 spiro atoms. The molecule has 0 aliphatic rings. The molecule has 1 rings (SSSR count). The highest BCUT2D eigenvalue weighted by Crippen LogP contribution is 2.24. The number of benzene rings is 1. The lowest BCUT2D eigenvalue weighted by Crippen LogP contribution is -2.09. The fourth-order valence-electron chi connectivity index (χ4n) is 1.18. The van der Waals surface area contributed by atoms with E-state index in [2.05, 4.69) is 4.18 Å². The number of esters is 1. The standard InChI is InChI=1S/C11H13ClO5S2/c1-18-6-5-16-11(13)9-4-3-8(7-10(9)12)17-19(2,14)15/h3-4,7H,5-6H2,1-2H3. The van der Waals surface area contributed by atoms with E-state index in [1.807, 2.05) is 6.26 Å². The van der Waals surface area contributed by atoms with Crippen LogP contribution >= 0.6 is 23.4 Å². The van der Waals surface area contributed by atoms with Crippen molar-refractivity contribution in [2.75, 3.05) is 24.9 Å². The highest BCUT2D eigenvalue weighted by Gasteiger charge is 2.14. The summed E-state index contributed by atoms with van der Waals surface area (Å²) in [4.78, 5) is 11.7. The maximum atomic E-state index is 11.7. The summed E-state index contributed by atoms with van der Waals surface area (Å²) in [5, 5.41) is 0.0790. The lowest BCUT2D eigenvalue weighted by Gasteiger charge is -2.07. The molecular weight excluding hydrogens is 312 g/mol. The van der Waals surface area contributed by atoms with Gasteiger partial charge in [0.15, 0.2) is 0 Å². The molecule has 0 aliphatic carbocycles. The minimum absolute atomic E-state index is 0.0492. The number of carbonyl (C=O) groups is 1. The van der Waals surface area contributed by atoms with Gasteiger partial charge in [-0.2, -0.15) is 20.2 Å². The topological polar surface area (TPSA) is 69.7 Å². The molecule has 0 fully saturated rings. The maximum Gasteiger partial charge on any atom is 0.339 e. The van der Waals surface area contributed by atoms with Crippen LogP contribution < -0.4 is 4.18 Å². The van der Waals surface area contributed by atoms with Gasteiger partial charge in [0.25, 0.3) is 0 Å². The zero-order chi connectivity index (χ0) is 14.5. The van der Waals surface area contributed by atoms with Crippen molar-refractivity contribution in [3.8, 4) is 5.75 Å². The van der Waals surface area contributed by atoms with E-state index in [-0.39, 0.29) is 22.9 Å². The molecule has 0 bridgehead atoms. The minimum Gasteiger partial charge on any atom is -0.461 e. The van der Waals surface area contributed by atoms with Gasteiger partial charge in [-0.05, 0) is 18.4 Å². The normalized spacial score (nSPS) is 11.1. The Hall–Kier alpha value is -0.920. The van der Waals surface area contributed by atoms with Gasteiger partial charge < -0.3 is 8.92 Å². The number of rotatable bonds is 6. The molecule has 5 nitrogen and oxygen atoms in total. The Kier molecular flexibility index (Phi) is 5.96. The molecule has 1 aromatic rings. The highest BCUT2D eigenvalue weighted by atomic mass is 35.5. The van der Waals surface area contributed by atoms with Gasteiger partial charge in [0.2, 0.25) is 0 Å². The molecule has 0 amide bonds. The Morgan fingerprint density at radius 2 is 2.11 bits per heavy atom. The second-order valence-electron chi connectivity index (χ2n) is 3.56. The summed E-state index contributed by atoms with van der Waals surface area (Å²) >= 11 is 7.44. The van der Waals surface area contributed by atoms with Crippen molar-refractivity contribution in [1.29, 1.82) is 0 Å². The first-order chi connectivity index (χ1) is 8.83. The van der Waals surface area contributed by atoms with E-state index in [0.717, 1.165) is 6.26 Å². The van der Waals surface area contributed by atoms with Crippen molar-refractivity contribution in [3.63, 3.8) is 0 Å². The number of carbonyl (C=O) groups excluding carboxylic acids is 1. The van der Waals surface area contributed by atoms with E-state index < -0.39 is 16.1 Å². The molecule has 0 heterocycles. The van der Waals surface area contributed by atoms with Crippen LogP contribution in [0.4, 0.5) is 0 Å². The zero-order valence-electron chi connectivity index (χ0n) is 10.4. The van der Waals surface area contributed by atoms with Crippen LogP contribution in [0.3, 0.4) is 0 Å². The van der Waals surface area contributed by atoms with Gasteiger partial charge in [-0.25, -0.2) is 4.79 Å². The van der Waals surface area contributed by atoms with Gasteiger partial charge in [0.05, 0.1) is 16.8 Å². The van der Waals surface area contributed by atoms with Crippen LogP contribution in [0.2, 0.25) is 5.02 Å². The Morgan fingerprint density at radius 1 is 1.42 bits per heavy atom. The SMILES string of the molecule is CSCCOC(=O)c1ccc(OS(C)(=O)=O)cc1Cl. The molecule has 1 aromatic carbocycles. The smallest absolute Gasteiger partial charge is 0.339 e. The summed E-state index contributed by atoms with van der Waals surface area (Å²) in [6, 6.07) is 3.97. The average Bonchev–Trinajstić information content (AvgIpc) is 2.27. The molecular formula is C11H13ClO5S2. The van der Waals surface area contributed by atoms with Crippen molar-refractivity contribution in [2.24, 2.45) is 0 Å². The summed E-state index contributed by atoms with van der Waals surface area (Å²) in [6.45, 7) is 0.290. The Morgan fingerprint density at radius 3 is 2.63 bits per heavy atom. The van der Waals surface area contributed by atoms with Gasteiger partial charge in [0.1, 0.15) is 12.4 Å². The Bertz CT molecular complexity index is 556. The summed E-state index contributed by atoms with van der Waals surface area (Å²) < 4.78 is 31.5. The van der Waals surface area contributed by atoms with Gasteiger partial charge in [-0.15, -0.1) is 0 Å². The van der Waals surface area contributed by atoms with Crippen LogP contribution in [-0.4, -0.2) is 39.3 Å². The van der Waals surface area contributed by atoms with Crippen LogP contribution in [0.5, 0.6) is 5.75 Å². The quantitative estimate of drug-likeness (QED) is 0.454. The van der Waals surface area contributed by atoms with E-state index in [0.29, 0.717) is 5.75 Å². The lowest BCUT2D eigenvalue weighted by atomic mass is 10.2. The van der Waals surface area contributed by atoms with Gasteiger partial charge in [-0.1, -0.05) is 11.6 Å². The first kappa shape index (κ1) is 16.1. The van der Waals surface area contributed by atoms with Crippen LogP contribution in [0.25, 0.3) is 0 Å². The van der Waals surface area contributed by atoms with Gasteiger partial charge >= 0.3 is 16.1 Å². The number of hydrogen-bond acceptors (Lipinski definition) is 6. The first-order valence-corrected chi connectivity index (χ1v) is 8.77. The number of thioether (sulfide) groups is 1. The van der Waals surface area contributed by atoms with E-state index in [9.17, 15) is 13.2 Å². The molecule has 0 atom stereocenters. The Labute approximate surface area is 121 Å². The molecule has 0 radical (unpaired) electrons. The largest absolute Gasteiger partial charge is 0.461 e. The fourth-order valence-corrected chi connectivity index (χ4v) is 2.13. The van der Waals surface area contributed by atoms with Crippen molar-refractivity contribution in [1.82, 2.24) is 0 Å². The monoisotopic (exact) mass is 324 g/mol. The van der Waals surface area contributed by atoms with Crippen molar-refractivity contribution < 1.29 is 22.1 Å². The number of halogens is 1. The first-order valence-electron chi connectivity index (χ1n) is 5.18. The second-order valence-corrected chi connectivity index (χ2v) is 6.53. The third kappa shape index (κ3) is 5.71. The molecule has 8 heteroatoms. The summed E-state index contributed by atoms with van der Waals surface area (Å²) in [6.07, 6.45) is 2.82. The van der Waals surface area contributed by atoms with Crippen molar-refractivity contribution in [2.45, 2.75) is 0 Å². The number of hydrogen-bond donors (Lipinski definition) is 0. The van der Waals surface area contributed by atoms with E-state index in [1.165, 1.54) is 18.2 Å². The molecule has 106 valence electrons. The maximum absolute atomic E-state index is 11.7. The van der Waals surface area contributed by atoms with Crippen LogP contribution in [0.15, 0.2) is 18.2 Å². The molecule has 19 heavy (non-hydrogen) atoms. The number of ether oxygens (including phenoxy) is 1. The summed E-state index contributed by atoms with van der Waals surface area (Å²) in [5.74, 6) is 0.191. The highest BCUT2D eigenvalue weighted by molar-refractivity contribution is 7.98. The third-order valence-electron chi connectivity index (χ3n) is 1.93. The molecule has 0 saturated heterocycles. The van der Waals surface area contributed by atoms with Crippen LogP contribution in [0, 0.1) is 0 Å². The Balaban J connectivity index is 2.79. The molecule has 0 aromatic heterocycles. The van der Waals surface area contributed by atoms with E-state index >= 15 is 0 Å². The molecule has 0 saturated carbocycles. The zero-order valence-corrected chi connectivity index (χ0v) is 12.8. The fraction of sp³-hybridized carbons (Fsp3) is 0.364. The van der Waals surface area contributed by atoms with Crippen molar-refractivity contribution in [3.05, 3.63) is 28.8 Å². The van der Waals surface area contributed by atoms with Crippen LogP contribution in [-0.2, 0) is 14.9 Å². The molecule has 0 unspecified atom stereocenters. The van der Waals surface area contributed by atoms with E-state index in [1.54, 1.807) is 11.8 Å². The van der Waals surface area contributed by atoms with Gasteiger partial charge in [-0.3, -0.25) is 0 Å². The molecule has 0 aliphatic heterocycles. The average molecular weight is 325 g/mol. The predicted octanol–water partition coefficient (Wildman–Crippen LogP) is 2.20. The molecule has 0 N–H and O–H groups in total. The minimum atomic E-state index is -3.62. The van der Waals surface area contributed by atoms with Crippen LogP contribution in [0.1, 0.15) is 10.4 Å². The summed E-state index contributed by atoms with van der Waals surface area (Å²) in [5.41, 5.74) is 0.170. The van der Waals surface area contributed by atoms with Crippen molar-refractivity contribution >= 4 is 39.5 Å². The summed E-state index contributed by atoms with van der Waals surface area (Å²) in [7, 11) is -3.62. The second kappa shape index (κ2) is 7.02. The predicted molar refractivity (Wildman–Crippen MR) is 75.6 cm³/mol.